The highest BCUT2D eigenvalue weighted by Crippen LogP contribution is 2.33. The van der Waals surface area contributed by atoms with E-state index in [1.807, 2.05) is 19.1 Å². The van der Waals surface area contributed by atoms with Gasteiger partial charge in [0.2, 0.25) is 0 Å². The van der Waals surface area contributed by atoms with Crippen molar-refractivity contribution in [1.29, 1.82) is 0 Å². The Labute approximate surface area is 190 Å². The highest BCUT2D eigenvalue weighted by Gasteiger charge is 2.27. The number of amides is 1. The van der Waals surface area contributed by atoms with Gasteiger partial charge in [-0.15, -0.1) is 0 Å². The minimum Gasteiger partial charge on any atom is -0.493 e. The van der Waals surface area contributed by atoms with E-state index in [-0.39, 0.29) is 25.3 Å². The van der Waals surface area contributed by atoms with Crippen molar-refractivity contribution >= 4 is 5.91 Å². The normalized spacial score (nSPS) is 14.6. The summed E-state index contributed by atoms with van der Waals surface area (Å²) in [6, 6.07) is 7.62. The fraction of sp³-hybridized carbons (Fsp3) is 0.480. The Morgan fingerprint density at radius 1 is 1.09 bits per heavy atom. The molecule has 1 heterocycles. The molecule has 0 aromatic heterocycles. The van der Waals surface area contributed by atoms with Crippen molar-refractivity contribution in [3.63, 3.8) is 0 Å². The minimum atomic E-state index is -0.296. The van der Waals surface area contributed by atoms with Crippen LogP contribution in [0.2, 0.25) is 0 Å². The van der Waals surface area contributed by atoms with Crippen molar-refractivity contribution in [2.24, 2.45) is 0 Å². The van der Waals surface area contributed by atoms with Gasteiger partial charge in [0.25, 0.3) is 5.91 Å². The molecule has 3 N–H and O–H groups in total. The van der Waals surface area contributed by atoms with Crippen LogP contribution in [0.4, 0.5) is 0 Å². The number of methoxy groups -OCH3 is 2. The molecular formula is C25H34N2O5. The molecule has 1 aliphatic rings. The molecule has 32 heavy (non-hydrogen) atoms. The number of nitrogens with zero attached hydrogens (tertiary/aromatic N) is 1. The minimum absolute atomic E-state index is 0.140. The van der Waals surface area contributed by atoms with Gasteiger partial charge >= 0.3 is 0 Å². The summed E-state index contributed by atoms with van der Waals surface area (Å²) in [4.78, 5) is 15.5. The number of carbonyl (C=O) groups excluding carboxylic acids is 1. The van der Waals surface area contributed by atoms with Crippen molar-refractivity contribution in [3.8, 4) is 11.5 Å². The second kappa shape index (κ2) is 10.8. The molecule has 2 aromatic carbocycles. The Morgan fingerprint density at radius 2 is 1.78 bits per heavy atom. The smallest absolute Gasteiger partial charge is 0.252 e. The number of rotatable bonds is 9. The number of hydrogen-bond acceptors (Lipinski definition) is 6. The van der Waals surface area contributed by atoms with Crippen LogP contribution in [-0.4, -0.2) is 48.0 Å². The zero-order valence-electron chi connectivity index (χ0n) is 19.4. The molecule has 174 valence electrons. The quantitative estimate of drug-likeness (QED) is 0.553. The van der Waals surface area contributed by atoms with Crippen LogP contribution in [0, 0.1) is 6.92 Å². The van der Waals surface area contributed by atoms with E-state index in [1.54, 1.807) is 26.4 Å². The number of fused-ring (bicyclic) bond motifs is 1. The summed E-state index contributed by atoms with van der Waals surface area (Å²) in [5, 5.41) is 22.7. The first-order chi connectivity index (χ1) is 15.4. The molecule has 1 aliphatic heterocycles. The van der Waals surface area contributed by atoms with Crippen LogP contribution in [0.5, 0.6) is 11.5 Å². The Hall–Kier alpha value is -2.61. The van der Waals surface area contributed by atoms with Crippen LogP contribution in [0.25, 0.3) is 0 Å². The number of hydrogen-bond donors (Lipinski definition) is 3. The van der Waals surface area contributed by atoms with Crippen LogP contribution in [0.3, 0.4) is 0 Å². The van der Waals surface area contributed by atoms with Gasteiger partial charge in [0.1, 0.15) is 0 Å². The summed E-state index contributed by atoms with van der Waals surface area (Å²) in [5.74, 6) is 1.20. The Bertz CT molecular complexity index is 960. The fourth-order valence-corrected chi connectivity index (χ4v) is 4.44. The third kappa shape index (κ3) is 5.06. The summed E-state index contributed by atoms with van der Waals surface area (Å²) in [7, 11) is 3.27. The summed E-state index contributed by atoms with van der Waals surface area (Å²) in [5.41, 5.74) is 4.75. The van der Waals surface area contributed by atoms with Gasteiger partial charge < -0.3 is 25.0 Å². The fourth-order valence-electron chi connectivity index (χ4n) is 4.44. The van der Waals surface area contributed by atoms with Crippen LogP contribution >= 0.6 is 0 Å². The van der Waals surface area contributed by atoms with Gasteiger partial charge in [0, 0.05) is 18.7 Å². The van der Waals surface area contributed by atoms with E-state index in [2.05, 4.69) is 17.1 Å². The summed E-state index contributed by atoms with van der Waals surface area (Å²) in [6.07, 6.45) is 2.44. The number of aliphatic hydroxyl groups excluding tert-OH is 2. The molecule has 2 aromatic rings. The first kappa shape index (κ1) is 24.0. The topological polar surface area (TPSA) is 91.3 Å². The highest BCUT2D eigenvalue weighted by molar-refractivity contribution is 5.96. The first-order valence-electron chi connectivity index (χ1n) is 11.1. The molecule has 7 heteroatoms. The zero-order valence-corrected chi connectivity index (χ0v) is 19.4. The average Bonchev–Trinajstić information content (AvgIpc) is 2.81. The lowest BCUT2D eigenvalue weighted by Crippen LogP contribution is -2.50. The third-order valence-electron chi connectivity index (χ3n) is 6.11. The zero-order chi connectivity index (χ0) is 23.3. The molecule has 0 saturated heterocycles. The standard InChI is InChI=1S/C25H34N2O5/c1-5-6-24(26-25(30)20-10-16(2)9-19(14-28)21(20)15-29)27-8-7-17-11-22(31-3)23(32-4)12-18(17)13-27/h9-12,24,28-29H,5-8,13-15H2,1-4H3,(H,26,30). The maximum absolute atomic E-state index is 13.2. The molecule has 0 aliphatic carbocycles. The van der Waals surface area contributed by atoms with E-state index in [4.69, 9.17) is 9.47 Å². The molecule has 0 bridgehead atoms. The average molecular weight is 443 g/mol. The Morgan fingerprint density at radius 3 is 2.38 bits per heavy atom. The van der Waals surface area contributed by atoms with Crippen LogP contribution < -0.4 is 14.8 Å². The molecule has 0 saturated carbocycles. The van der Waals surface area contributed by atoms with Crippen molar-refractivity contribution in [2.75, 3.05) is 20.8 Å². The van der Waals surface area contributed by atoms with E-state index >= 15 is 0 Å². The summed E-state index contributed by atoms with van der Waals surface area (Å²) < 4.78 is 10.9. The molecule has 0 fully saturated rings. The molecule has 1 unspecified atom stereocenters. The predicted octanol–water partition coefficient (Wildman–Crippen LogP) is 2.91. The maximum atomic E-state index is 13.2. The predicted molar refractivity (Wildman–Crippen MR) is 123 cm³/mol. The molecule has 0 radical (unpaired) electrons. The lowest BCUT2D eigenvalue weighted by atomic mass is 9.97. The SMILES string of the molecule is CCCC(NC(=O)c1cc(C)cc(CO)c1CO)N1CCc2cc(OC)c(OC)cc2C1. The van der Waals surface area contributed by atoms with Gasteiger partial charge in [-0.25, -0.2) is 0 Å². The van der Waals surface area contributed by atoms with Crippen molar-refractivity contribution in [3.05, 3.63) is 57.6 Å². The number of aryl methyl sites for hydroxylation is 1. The molecule has 0 spiro atoms. The van der Waals surface area contributed by atoms with Crippen LogP contribution in [0.1, 0.15) is 57.9 Å². The number of aliphatic hydroxyl groups is 2. The van der Waals surface area contributed by atoms with Gasteiger partial charge in [-0.05, 0) is 65.8 Å². The van der Waals surface area contributed by atoms with E-state index in [9.17, 15) is 15.0 Å². The van der Waals surface area contributed by atoms with Crippen molar-refractivity contribution in [1.82, 2.24) is 10.2 Å². The summed E-state index contributed by atoms with van der Waals surface area (Å²) in [6.45, 7) is 4.98. The first-order valence-corrected chi connectivity index (χ1v) is 11.1. The van der Waals surface area contributed by atoms with Gasteiger partial charge in [0.05, 0.1) is 33.6 Å². The molecule has 1 atom stereocenters. The monoisotopic (exact) mass is 442 g/mol. The van der Waals surface area contributed by atoms with Gasteiger partial charge in [-0.2, -0.15) is 0 Å². The molecule has 7 nitrogen and oxygen atoms in total. The van der Waals surface area contributed by atoms with Crippen LogP contribution in [0.15, 0.2) is 24.3 Å². The van der Waals surface area contributed by atoms with E-state index in [0.29, 0.717) is 29.0 Å². The Balaban J connectivity index is 1.84. The number of nitrogens with one attached hydrogen (secondary N) is 1. The lowest BCUT2D eigenvalue weighted by molar-refractivity contribution is 0.0808. The second-order valence-corrected chi connectivity index (χ2v) is 8.24. The molecule has 1 amide bonds. The van der Waals surface area contributed by atoms with E-state index in [1.165, 1.54) is 11.1 Å². The van der Waals surface area contributed by atoms with Crippen molar-refractivity contribution in [2.45, 2.75) is 59.0 Å². The largest absolute Gasteiger partial charge is 0.493 e. The molecule has 3 rings (SSSR count). The van der Waals surface area contributed by atoms with Gasteiger partial charge in [-0.1, -0.05) is 19.4 Å². The number of ether oxygens (including phenoxy) is 2. The van der Waals surface area contributed by atoms with Crippen LogP contribution in [-0.2, 0) is 26.2 Å². The van der Waals surface area contributed by atoms with Gasteiger partial charge in [-0.3, -0.25) is 9.69 Å². The van der Waals surface area contributed by atoms with E-state index < -0.39 is 0 Å². The third-order valence-corrected chi connectivity index (χ3v) is 6.11. The highest BCUT2D eigenvalue weighted by atomic mass is 16.5. The van der Waals surface area contributed by atoms with Crippen molar-refractivity contribution < 1.29 is 24.5 Å². The Kier molecular flexibility index (Phi) is 8.12. The van der Waals surface area contributed by atoms with E-state index in [0.717, 1.165) is 37.1 Å². The second-order valence-electron chi connectivity index (χ2n) is 8.24. The van der Waals surface area contributed by atoms with Gasteiger partial charge in [0.15, 0.2) is 11.5 Å². The number of benzene rings is 2. The maximum Gasteiger partial charge on any atom is 0.252 e. The number of carbonyl (C=O) groups is 1. The lowest BCUT2D eigenvalue weighted by Gasteiger charge is -2.36. The summed E-state index contributed by atoms with van der Waals surface area (Å²) >= 11 is 0. The molecular weight excluding hydrogens is 408 g/mol.